The Bertz CT molecular complexity index is 366. The molecule has 15 heavy (non-hydrogen) atoms. The van der Waals surface area contributed by atoms with Gasteiger partial charge in [0.05, 0.1) is 12.8 Å². The molecule has 3 heteroatoms. The van der Waals surface area contributed by atoms with Crippen LogP contribution in [-0.4, -0.2) is 20.2 Å². The van der Waals surface area contributed by atoms with E-state index in [4.69, 9.17) is 10.5 Å². The second kappa shape index (κ2) is 3.33. The van der Waals surface area contributed by atoms with E-state index >= 15 is 0 Å². The Morgan fingerprint density at radius 3 is 2.53 bits per heavy atom. The van der Waals surface area contributed by atoms with Crippen LogP contribution in [0.1, 0.15) is 13.8 Å². The van der Waals surface area contributed by atoms with Crippen molar-refractivity contribution in [3.05, 3.63) is 18.2 Å². The molecule has 1 saturated heterocycles. The molecule has 0 amide bonds. The molecular weight excluding hydrogens is 188 g/mol. The highest BCUT2D eigenvalue weighted by Crippen LogP contribution is 2.39. The zero-order chi connectivity index (χ0) is 11.1. The van der Waals surface area contributed by atoms with Gasteiger partial charge in [-0.1, -0.05) is 13.8 Å². The van der Waals surface area contributed by atoms with Gasteiger partial charge >= 0.3 is 0 Å². The van der Waals surface area contributed by atoms with Crippen molar-refractivity contribution in [3.8, 4) is 5.75 Å². The lowest BCUT2D eigenvalue weighted by Gasteiger charge is -2.47. The predicted octanol–water partition coefficient (Wildman–Crippen LogP) is 2.12. The molecule has 2 N–H and O–H groups in total. The first-order valence-corrected chi connectivity index (χ1v) is 5.20. The third-order valence-corrected chi connectivity index (χ3v) is 2.78. The molecule has 3 nitrogen and oxygen atoms in total. The van der Waals surface area contributed by atoms with Crippen molar-refractivity contribution in [3.63, 3.8) is 0 Å². The second-order valence-corrected chi connectivity index (χ2v) is 4.95. The Morgan fingerprint density at radius 1 is 1.33 bits per heavy atom. The van der Waals surface area contributed by atoms with Crippen molar-refractivity contribution in [2.75, 3.05) is 30.8 Å². The van der Waals surface area contributed by atoms with Crippen molar-refractivity contribution in [1.82, 2.24) is 0 Å². The molecule has 82 valence electrons. The summed E-state index contributed by atoms with van der Waals surface area (Å²) in [5.74, 6) is 0.903. The number of hydrogen-bond donors (Lipinski definition) is 1. The standard InChI is InChI=1S/C12H18N2O/c1-12(2)7-14(8-12)10-6-9(13)4-5-11(10)15-3/h4-6H,7-8,13H2,1-3H3. The van der Waals surface area contributed by atoms with Crippen LogP contribution >= 0.6 is 0 Å². The SMILES string of the molecule is COc1ccc(N)cc1N1CC(C)(C)C1. The molecule has 0 spiro atoms. The van der Waals surface area contributed by atoms with Crippen LogP contribution in [0, 0.1) is 5.41 Å². The van der Waals surface area contributed by atoms with Crippen LogP contribution < -0.4 is 15.4 Å². The van der Waals surface area contributed by atoms with Gasteiger partial charge in [-0.3, -0.25) is 0 Å². The number of rotatable bonds is 2. The van der Waals surface area contributed by atoms with Gasteiger partial charge in [0.25, 0.3) is 0 Å². The molecular formula is C12H18N2O. The lowest BCUT2D eigenvalue weighted by Crippen LogP contribution is -2.53. The van der Waals surface area contributed by atoms with Crippen molar-refractivity contribution < 1.29 is 4.74 Å². The molecule has 1 aromatic carbocycles. The van der Waals surface area contributed by atoms with Crippen molar-refractivity contribution >= 4 is 11.4 Å². The van der Waals surface area contributed by atoms with Gasteiger partial charge in [-0.2, -0.15) is 0 Å². The molecule has 0 aromatic heterocycles. The smallest absolute Gasteiger partial charge is 0.142 e. The van der Waals surface area contributed by atoms with Crippen molar-refractivity contribution in [2.24, 2.45) is 5.41 Å². The maximum atomic E-state index is 5.78. The normalized spacial score (nSPS) is 18.5. The molecule has 0 saturated carbocycles. The zero-order valence-electron chi connectivity index (χ0n) is 9.58. The summed E-state index contributed by atoms with van der Waals surface area (Å²) in [6, 6.07) is 5.78. The van der Waals surface area contributed by atoms with E-state index < -0.39 is 0 Å². The third kappa shape index (κ3) is 1.87. The molecule has 0 unspecified atom stereocenters. The van der Waals surface area contributed by atoms with E-state index in [0.717, 1.165) is 30.2 Å². The fourth-order valence-electron chi connectivity index (χ4n) is 2.11. The predicted molar refractivity (Wildman–Crippen MR) is 63.4 cm³/mol. The van der Waals surface area contributed by atoms with E-state index in [-0.39, 0.29) is 0 Å². The van der Waals surface area contributed by atoms with E-state index in [0.29, 0.717) is 5.41 Å². The van der Waals surface area contributed by atoms with Crippen LogP contribution in [0.2, 0.25) is 0 Å². The van der Waals surface area contributed by atoms with Gasteiger partial charge in [-0.15, -0.1) is 0 Å². The van der Waals surface area contributed by atoms with Gasteiger partial charge < -0.3 is 15.4 Å². The Hall–Kier alpha value is -1.38. The second-order valence-electron chi connectivity index (χ2n) is 4.95. The highest BCUT2D eigenvalue weighted by molar-refractivity contribution is 5.66. The largest absolute Gasteiger partial charge is 0.495 e. The van der Waals surface area contributed by atoms with E-state index in [1.165, 1.54) is 0 Å². The fraction of sp³-hybridized carbons (Fsp3) is 0.500. The number of nitrogen functional groups attached to an aromatic ring is 1. The number of hydrogen-bond acceptors (Lipinski definition) is 3. The van der Waals surface area contributed by atoms with E-state index in [1.807, 2.05) is 18.2 Å². The van der Waals surface area contributed by atoms with Crippen LogP contribution in [-0.2, 0) is 0 Å². The zero-order valence-corrected chi connectivity index (χ0v) is 9.58. The Kier molecular flexibility index (Phi) is 2.25. The van der Waals surface area contributed by atoms with E-state index in [1.54, 1.807) is 7.11 Å². The van der Waals surface area contributed by atoms with Crippen molar-refractivity contribution in [1.29, 1.82) is 0 Å². The summed E-state index contributed by atoms with van der Waals surface area (Å²) in [5.41, 5.74) is 8.09. The molecule has 1 heterocycles. The maximum Gasteiger partial charge on any atom is 0.142 e. The van der Waals surface area contributed by atoms with Crippen LogP contribution in [0.5, 0.6) is 5.75 Å². The molecule has 2 rings (SSSR count). The summed E-state index contributed by atoms with van der Waals surface area (Å²) in [7, 11) is 1.69. The summed E-state index contributed by atoms with van der Waals surface area (Å²) >= 11 is 0. The van der Waals surface area contributed by atoms with Gasteiger partial charge in [0.1, 0.15) is 5.75 Å². The number of methoxy groups -OCH3 is 1. The molecule has 1 aliphatic heterocycles. The number of ether oxygens (including phenoxy) is 1. The number of anilines is 2. The molecule has 1 aromatic rings. The molecule has 1 fully saturated rings. The summed E-state index contributed by atoms with van der Waals surface area (Å²) in [6.45, 7) is 6.66. The summed E-state index contributed by atoms with van der Waals surface area (Å²) < 4.78 is 5.33. The first-order valence-electron chi connectivity index (χ1n) is 5.20. The highest BCUT2D eigenvalue weighted by atomic mass is 16.5. The third-order valence-electron chi connectivity index (χ3n) is 2.78. The molecule has 1 aliphatic rings. The monoisotopic (exact) mass is 206 g/mol. The lowest BCUT2D eigenvalue weighted by molar-refractivity contribution is 0.273. The van der Waals surface area contributed by atoms with Crippen molar-refractivity contribution in [2.45, 2.75) is 13.8 Å². The minimum absolute atomic E-state index is 0.412. The average Bonchev–Trinajstić information content (AvgIpc) is 2.14. The maximum absolute atomic E-state index is 5.78. The Balaban J connectivity index is 2.24. The Labute approximate surface area is 90.8 Å². The van der Waals surface area contributed by atoms with Crippen LogP contribution in [0.4, 0.5) is 11.4 Å². The number of benzene rings is 1. The Morgan fingerprint density at radius 2 is 2.00 bits per heavy atom. The molecule has 0 aliphatic carbocycles. The number of nitrogens with two attached hydrogens (primary N) is 1. The topological polar surface area (TPSA) is 38.5 Å². The van der Waals surface area contributed by atoms with Gasteiger partial charge in [-0.25, -0.2) is 0 Å². The molecule has 0 radical (unpaired) electrons. The van der Waals surface area contributed by atoms with E-state index in [2.05, 4.69) is 18.7 Å². The average molecular weight is 206 g/mol. The first kappa shape index (κ1) is 10.1. The lowest BCUT2D eigenvalue weighted by atomic mass is 9.84. The molecule has 0 bridgehead atoms. The van der Waals surface area contributed by atoms with Gasteiger partial charge in [-0.05, 0) is 23.6 Å². The van der Waals surface area contributed by atoms with E-state index in [9.17, 15) is 0 Å². The highest BCUT2D eigenvalue weighted by Gasteiger charge is 2.35. The number of nitrogens with zero attached hydrogens (tertiary/aromatic N) is 1. The van der Waals surface area contributed by atoms with Crippen LogP contribution in [0.25, 0.3) is 0 Å². The molecule has 0 atom stereocenters. The summed E-state index contributed by atoms with van der Waals surface area (Å²) in [4.78, 5) is 2.30. The van der Waals surface area contributed by atoms with Gasteiger partial charge in [0.2, 0.25) is 0 Å². The van der Waals surface area contributed by atoms with Gasteiger partial charge in [0, 0.05) is 18.8 Å². The van der Waals surface area contributed by atoms with Crippen LogP contribution in [0.15, 0.2) is 18.2 Å². The van der Waals surface area contributed by atoms with Gasteiger partial charge in [0.15, 0.2) is 0 Å². The minimum atomic E-state index is 0.412. The fourth-order valence-corrected chi connectivity index (χ4v) is 2.11. The van der Waals surface area contributed by atoms with Crippen LogP contribution in [0.3, 0.4) is 0 Å². The minimum Gasteiger partial charge on any atom is -0.495 e. The first-order chi connectivity index (χ1) is 7.02. The summed E-state index contributed by atoms with van der Waals surface area (Å²) in [6.07, 6.45) is 0. The quantitative estimate of drug-likeness (QED) is 0.753. The summed E-state index contributed by atoms with van der Waals surface area (Å²) in [5, 5.41) is 0.